The van der Waals surface area contributed by atoms with E-state index >= 15 is 0 Å². The van der Waals surface area contributed by atoms with Gasteiger partial charge < -0.3 is 20.1 Å². The molecule has 0 saturated carbocycles. The van der Waals surface area contributed by atoms with Crippen LogP contribution in [0.1, 0.15) is 26.3 Å². The van der Waals surface area contributed by atoms with E-state index in [9.17, 15) is 5.11 Å². The highest BCUT2D eigenvalue weighted by Crippen LogP contribution is 2.30. The van der Waals surface area contributed by atoms with E-state index < -0.39 is 0 Å². The van der Waals surface area contributed by atoms with Gasteiger partial charge in [-0.25, -0.2) is 0 Å². The van der Waals surface area contributed by atoms with Crippen LogP contribution in [-0.2, 0) is 11.3 Å². The molecule has 2 N–H and O–H groups in total. The third-order valence-corrected chi connectivity index (χ3v) is 3.99. The average molecular weight is 313 g/mol. The zero-order valence-electron chi connectivity index (χ0n) is 13.0. The molecule has 0 radical (unpaired) electrons. The van der Waals surface area contributed by atoms with E-state index in [1.54, 1.807) is 0 Å². The Morgan fingerprint density at radius 1 is 1.43 bits per heavy atom. The van der Waals surface area contributed by atoms with E-state index in [0.717, 1.165) is 22.8 Å². The summed E-state index contributed by atoms with van der Waals surface area (Å²) in [6.45, 7) is 9.18. The van der Waals surface area contributed by atoms with Crippen LogP contribution in [0.4, 0.5) is 5.69 Å². The van der Waals surface area contributed by atoms with E-state index in [2.05, 4.69) is 37.1 Å². The largest absolute Gasteiger partial charge is 0.394 e. The molecule has 1 atom stereocenters. The summed E-state index contributed by atoms with van der Waals surface area (Å²) >= 11 is 6.41. The van der Waals surface area contributed by atoms with Crippen molar-refractivity contribution in [3.05, 3.63) is 28.8 Å². The van der Waals surface area contributed by atoms with Gasteiger partial charge in [-0.05, 0) is 32.9 Å². The summed E-state index contributed by atoms with van der Waals surface area (Å²) in [5, 5.41) is 13.8. The van der Waals surface area contributed by atoms with Crippen LogP contribution in [0, 0.1) is 0 Å². The molecule has 1 heterocycles. The number of nitrogens with one attached hydrogen (secondary N) is 1. The summed E-state index contributed by atoms with van der Waals surface area (Å²) in [4.78, 5) is 2.20. The zero-order chi connectivity index (χ0) is 15.5. The first kappa shape index (κ1) is 16.6. The van der Waals surface area contributed by atoms with Crippen molar-refractivity contribution in [1.82, 2.24) is 5.32 Å². The maximum Gasteiger partial charge on any atom is 0.0755 e. The fourth-order valence-corrected chi connectivity index (χ4v) is 2.70. The van der Waals surface area contributed by atoms with Crippen molar-refractivity contribution >= 4 is 17.3 Å². The Hall–Kier alpha value is -0.810. The first-order chi connectivity index (χ1) is 9.92. The topological polar surface area (TPSA) is 44.7 Å². The predicted molar refractivity (Wildman–Crippen MR) is 87.1 cm³/mol. The van der Waals surface area contributed by atoms with Gasteiger partial charge in [-0.2, -0.15) is 0 Å². The van der Waals surface area contributed by atoms with Gasteiger partial charge in [-0.15, -0.1) is 0 Å². The first-order valence-corrected chi connectivity index (χ1v) is 7.78. The van der Waals surface area contributed by atoms with E-state index in [4.69, 9.17) is 16.3 Å². The van der Waals surface area contributed by atoms with E-state index in [1.807, 2.05) is 12.1 Å². The van der Waals surface area contributed by atoms with Gasteiger partial charge in [0.15, 0.2) is 0 Å². The van der Waals surface area contributed by atoms with Gasteiger partial charge in [0.25, 0.3) is 0 Å². The number of hydrogen-bond acceptors (Lipinski definition) is 4. The Balaban J connectivity index is 2.27. The van der Waals surface area contributed by atoms with Crippen LogP contribution in [0.15, 0.2) is 18.2 Å². The number of ether oxygens (including phenoxy) is 1. The van der Waals surface area contributed by atoms with Crippen molar-refractivity contribution in [2.24, 2.45) is 0 Å². The Kier molecular flexibility index (Phi) is 5.49. The molecule has 1 unspecified atom stereocenters. The molecule has 1 aromatic carbocycles. The highest BCUT2D eigenvalue weighted by atomic mass is 35.5. The number of benzene rings is 1. The molecule has 2 rings (SSSR count). The highest BCUT2D eigenvalue weighted by molar-refractivity contribution is 6.31. The number of halogens is 1. The Morgan fingerprint density at radius 3 is 2.86 bits per heavy atom. The first-order valence-electron chi connectivity index (χ1n) is 7.40. The molecule has 118 valence electrons. The standard InChI is InChI=1S/C16H25ClN2O2/c1-16(2,3)18-9-13-14(17)5-4-6-15(13)19-7-8-21-11-12(19)10-20/h4-6,12,18,20H,7-11H2,1-3H3. The molecule has 1 aliphatic rings. The number of rotatable bonds is 4. The lowest BCUT2D eigenvalue weighted by Gasteiger charge is -2.38. The van der Waals surface area contributed by atoms with E-state index in [0.29, 0.717) is 19.8 Å². The maximum atomic E-state index is 9.57. The van der Waals surface area contributed by atoms with E-state index in [1.165, 1.54) is 0 Å². The van der Waals surface area contributed by atoms with Gasteiger partial charge in [-0.1, -0.05) is 17.7 Å². The molecule has 1 aromatic rings. The Labute approximate surface area is 132 Å². The van der Waals surface area contributed by atoms with Crippen molar-refractivity contribution in [3.63, 3.8) is 0 Å². The molecule has 1 saturated heterocycles. The zero-order valence-corrected chi connectivity index (χ0v) is 13.8. The van der Waals surface area contributed by atoms with Crippen molar-refractivity contribution in [2.75, 3.05) is 31.3 Å². The van der Waals surface area contributed by atoms with Gasteiger partial charge in [0.1, 0.15) is 0 Å². The Morgan fingerprint density at radius 2 is 2.19 bits per heavy atom. The second-order valence-electron chi connectivity index (χ2n) is 6.45. The van der Waals surface area contributed by atoms with Gasteiger partial charge in [-0.3, -0.25) is 0 Å². The summed E-state index contributed by atoms with van der Waals surface area (Å²) in [5.74, 6) is 0. The van der Waals surface area contributed by atoms with Crippen LogP contribution in [-0.4, -0.2) is 43.1 Å². The SMILES string of the molecule is CC(C)(C)NCc1c(Cl)cccc1N1CCOCC1CO. The molecule has 0 spiro atoms. The lowest BCUT2D eigenvalue weighted by Crippen LogP contribution is -2.48. The summed E-state index contributed by atoms with van der Waals surface area (Å²) in [6.07, 6.45) is 0. The molecule has 0 aromatic heterocycles. The fraction of sp³-hybridized carbons (Fsp3) is 0.625. The van der Waals surface area contributed by atoms with Crippen LogP contribution in [0.3, 0.4) is 0 Å². The Bertz CT molecular complexity index is 474. The molecule has 21 heavy (non-hydrogen) atoms. The molecular weight excluding hydrogens is 288 g/mol. The fourth-order valence-electron chi connectivity index (χ4n) is 2.47. The molecule has 4 nitrogen and oxygen atoms in total. The second-order valence-corrected chi connectivity index (χ2v) is 6.85. The van der Waals surface area contributed by atoms with Crippen LogP contribution >= 0.6 is 11.6 Å². The number of aliphatic hydroxyl groups excluding tert-OH is 1. The maximum absolute atomic E-state index is 9.57. The molecular formula is C16H25ClN2O2. The lowest BCUT2D eigenvalue weighted by atomic mass is 10.1. The molecule has 1 fully saturated rings. The van der Waals surface area contributed by atoms with E-state index in [-0.39, 0.29) is 18.2 Å². The summed E-state index contributed by atoms with van der Waals surface area (Å²) in [7, 11) is 0. The molecule has 0 aliphatic carbocycles. The second kappa shape index (κ2) is 6.97. The molecule has 0 bridgehead atoms. The predicted octanol–water partition coefficient (Wildman–Crippen LogP) is 2.43. The van der Waals surface area contributed by atoms with Crippen molar-refractivity contribution in [1.29, 1.82) is 0 Å². The van der Waals surface area contributed by atoms with Crippen molar-refractivity contribution in [2.45, 2.75) is 38.9 Å². The third-order valence-electron chi connectivity index (χ3n) is 3.64. The van der Waals surface area contributed by atoms with Gasteiger partial charge in [0, 0.05) is 34.9 Å². The van der Waals surface area contributed by atoms with Gasteiger partial charge in [0.05, 0.1) is 25.9 Å². The van der Waals surface area contributed by atoms with Crippen LogP contribution in [0.25, 0.3) is 0 Å². The molecule has 0 amide bonds. The summed E-state index contributed by atoms with van der Waals surface area (Å²) in [5.41, 5.74) is 2.19. The van der Waals surface area contributed by atoms with Crippen molar-refractivity contribution < 1.29 is 9.84 Å². The van der Waals surface area contributed by atoms with Gasteiger partial charge >= 0.3 is 0 Å². The van der Waals surface area contributed by atoms with Crippen LogP contribution in [0.5, 0.6) is 0 Å². The number of morpholine rings is 1. The normalized spacial score (nSPS) is 19.9. The lowest BCUT2D eigenvalue weighted by molar-refractivity contribution is 0.0726. The number of anilines is 1. The average Bonchev–Trinajstić information content (AvgIpc) is 2.44. The monoisotopic (exact) mass is 312 g/mol. The quantitative estimate of drug-likeness (QED) is 0.896. The minimum Gasteiger partial charge on any atom is -0.394 e. The smallest absolute Gasteiger partial charge is 0.0755 e. The highest BCUT2D eigenvalue weighted by Gasteiger charge is 2.25. The van der Waals surface area contributed by atoms with Crippen LogP contribution in [0.2, 0.25) is 5.02 Å². The molecule has 5 heteroatoms. The number of nitrogens with zero attached hydrogens (tertiary/aromatic N) is 1. The summed E-state index contributed by atoms with van der Waals surface area (Å²) in [6, 6.07) is 5.94. The minimum absolute atomic E-state index is 0.00870. The van der Waals surface area contributed by atoms with Crippen LogP contribution < -0.4 is 10.2 Å². The van der Waals surface area contributed by atoms with Gasteiger partial charge in [0.2, 0.25) is 0 Å². The minimum atomic E-state index is -0.00870. The third kappa shape index (κ3) is 4.33. The number of aliphatic hydroxyl groups is 1. The van der Waals surface area contributed by atoms with Crippen molar-refractivity contribution in [3.8, 4) is 0 Å². The summed E-state index contributed by atoms with van der Waals surface area (Å²) < 4.78 is 5.46. The number of hydrogen-bond donors (Lipinski definition) is 2. The molecule has 1 aliphatic heterocycles.